The van der Waals surface area contributed by atoms with E-state index in [1.165, 1.54) is 5.56 Å². The molecule has 0 spiro atoms. The number of amides is 3. The number of rotatable bonds is 5. The molecule has 1 unspecified atom stereocenters. The summed E-state index contributed by atoms with van der Waals surface area (Å²) in [5, 5.41) is 2.89. The summed E-state index contributed by atoms with van der Waals surface area (Å²) in [6, 6.07) is 13.6. The Bertz CT molecular complexity index is 984. The number of aryl methyl sites for hydroxylation is 2. The van der Waals surface area contributed by atoms with E-state index in [1.807, 2.05) is 56.3 Å². The maximum Gasteiger partial charge on any atom is 0.239 e. The van der Waals surface area contributed by atoms with Crippen molar-refractivity contribution in [1.82, 2.24) is 5.32 Å². The number of carbonyl (C=O) groups is 3. The van der Waals surface area contributed by atoms with E-state index in [1.54, 1.807) is 9.80 Å². The van der Waals surface area contributed by atoms with Gasteiger partial charge in [0.25, 0.3) is 0 Å². The van der Waals surface area contributed by atoms with Crippen LogP contribution in [-0.2, 0) is 20.9 Å². The molecule has 0 radical (unpaired) electrons. The monoisotopic (exact) mass is 405 g/mol. The van der Waals surface area contributed by atoms with Crippen molar-refractivity contribution < 1.29 is 14.4 Å². The minimum atomic E-state index is -0.645. The predicted molar refractivity (Wildman–Crippen MR) is 116 cm³/mol. The second-order valence-corrected chi connectivity index (χ2v) is 8.13. The van der Waals surface area contributed by atoms with Crippen molar-refractivity contribution in [3.63, 3.8) is 0 Å². The zero-order valence-electron chi connectivity index (χ0n) is 17.5. The number of nitrogens with one attached hydrogen (secondary N) is 1. The molecule has 2 fully saturated rings. The summed E-state index contributed by atoms with van der Waals surface area (Å²) in [7, 11) is 0. The Morgan fingerprint density at radius 3 is 2.37 bits per heavy atom. The van der Waals surface area contributed by atoms with Gasteiger partial charge < -0.3 is 15.1 Å². The van der Waals surface area contributed by atoms with Gasteiger partial charge in [-0.3, -0.25) is 14.4 Å². The van der Waals surface area contributed by atoms with Gasteiger partial charge in [0.2, 0.25) is 17.7 Å². The summed E-state index contributed by atoms with van der Waals surface area (Å²) in [5.74, 6) is -0.860. The first-order chi connectivity index (χ1) is 14.4. The highest BCUT2D eigenvalue weighted by atomic mass is 16.2. The van der Waals surface area contributed by atoms with Gasteiger partial charge in [0.1, 0.15) is 5.92 Å². The smallest absolute Gasteiger partial charge is 0.239 e. The molecule has 2 aromatic carbocycles. The molecule has 0 aromatic heterocycles. The Morgan fingerprint density at radius 2 is 1.70 bits per heavy atom. The van der Waals surface area contributed by atoms with Gasteiger partial charge in [-0.15, -0.1) is 0 Å². The number of carbonyl (C=O) groups excluding carboxylic acids is 3. The average molecular weight is 405 g/mol. The fourth-order valence-electron chi connectivity index (χ4n) is 4.10. The Kier molecular flexibility index (Phi) is 5.57. The molecule has 30 heavy (non-hydrogen) atoms. The lowest BCUT2D eigenvalue weighted by atomic mass is 10.1. The second-order valence-electron chi connectivity index (χ2n) is 8.13. The molecule has 0 bridgehead atoms. The van der Waals surface area contributed by atoms with Gasteiger partial charge in [-0.2, -0.15) is 0 Å². The minimum absolute atomic E-state index is 0.140. The first-order valence-corrected chi connectivity index (χ1v) is 10.5. The number of nitrogens with zero attached hydrogens (tertiary/aromatic N) is 2. The summed E-state index contributed by atoms with van der Waals surface area (Å²) >= 11 is 0. The van der Waals surface area contributed by atoms with Crippen LogP contribution in [0.3, 0.4) is 0 Å². The lowest BCUT2D eigenvalue weighted by Crippen LogP contribution is -2.36. The highest BCUT2D eigenvalue weighted by Gasteiger charge is 2.37. The van der Waals surface area contributed by atoms with Crippen LogP contribution >= 0.6 is 0 Å². The van der Waals surface area contributed by atoms with E-state index in [-0.39, 0.29) is 17.7 Å². The maximum absolute atomic E-state index is 12.8. The van der Waals surface area contributed by atoms with Crippen LogP contribution in [-0.4, -0.2) is 30.8 Å². The van der Waals surface area contributed by atoms with Gasteiger partial charge in [-0.25, -0.2) is 0 Å². The van der Waals surface area contributed by atoms with E-state index in [0.717, 1.165) is 35.5 Å². The number of hydrogen-bond acceptors (Lipinski definition) is 3. The highest BCUT2D eigenvalue weighted by Crippen LogP contribution is 2.27. The summed E-state index contributed by atoms with van der Waals surface area (Å²) in [6.07, 6.45) is 2.02. The van der Waals surface area contributed by atoms with E-state index in [4.69, 9.17) is 0 Å². The minimum Gasteiger partial charge on any atom is -0.351 e. The molecule has 3 amide bonds. The molecule has 6 nitrogen and oxygen atoms in total. The Balaban J connectivity index is 1.34. The fourth-order valence-corrected chi connectivity index (χ4v) is 4.10. The number of anilines is 2. The molecule has 4 rings (SSSR count). The van der Waals surface area contributed by atoms with Crippen molar-refractivity contribution in [3.8, 4) is 0 Å². The third kappa shape index (κ3) is 3.95. The largest absolute Gasteiger partial charge is 0.351 e. The third-order valence-corrected chi connectivity index (χ3v) is 6.11. The van der Waals surface area contributed by atoms with Crippen molar-refractivity contribution in [2.45, 2.75) is 39.7 Å². The lowest BCUT2D eigenvalue weighted by molar-refractivity contribution is -0.132. The van der Waals surface area contributed by atoms with E-state index >= 15 is 0 Å². The van der Waals surface area contributed by atoms with Crippen LogP contribution < -0.4 is 15.1 Å². The van der Waals surface area contributed by atoms with Crippen molar-refractivity contribution in [2.24, 2.45) is 5.92 Å². The number of benzene rings is 2. The second kappa shape index (κ2) is 8.30. The van der Waals surface area contributed by atoms with E-state index in [0.29, 0.717) is 25.9 Å². The van der Waals surface area contributed by atoms with E-state index < -0.39 is 5.92 Å². The maximum atomic E-state index is 12.8. The number of hydrogen-bond donors (Lipinski definition) is 1. The molecular weight excluding hydrogens is 378 g/mol. The van der Waals surface area contributed by atoms with Crippen LogP contribution in [0.1, 0.15) is 36.0 Å². The van der Waals surface area contributed by atoms with Gasteiger partial charge in [0.15, 0.2) is 0 Å². The van der Waals surface area contributed by atoms with Crippen LogP contribution in [0.2, 0.25) is 0 Å². The predicted octanol–water partition coefficient (Wildman–Crippen LogP) is 3.10. The fraction of sp³-hybridized carbons (Fsp3) is 0.375. The summed E-state index contributed by atoms with van der Waals surface area (Å²) in [6.45, 7) is 5.74. The summed E-state index contributed by atoms with van der Waals surface area (Å²) in [4.78, 5) is 40.8. The zero-order chi connectivity index (χ0) is 21.3. The molecule has 2 aliphatic rings. The summed E-state index contributed by atoms with van der Waals surface area (Å²) in [5.41, 5.74) is 5.00. The van der Waals surface area contributed by atoms with Crippen LogP contribution in [0, 0.1) is 19.8 Å². The van der Waals surface area contributed by atoms with Crippen LogP contribution in [0.15, 0.2) is 42.5 Å². The van der Waals surface area contributed by atoms with Crippen molar-refractivity contribution >= 4 is 29.1 Å². The van der Waals surface area contributed by atoms with Gasteiger partial charge in [-0.1, -0.05) is 18.2 Å². The molecule has 6 heteroatoms. The third-order valence-electron chi connectivity index (χ3n) is 6.11. The molecule has 2 saturated heterocycles. The normalized spacial score (nSPS) is 18.9. The molecule has 2 heterocycles. The lowest BCUT2D eigenvalue weighted by Gasteiger charge is -2.18. The van der Waals surface area contributed by atoms with Crippen molar-refractivity contribution in [2.75, 3.05) is 22.9 Å². The van der Waals surface area contributed by atoms with Crippen molar-refractivity contribution in [3.05, 3.63) is 59.2 Å². The first kappa shape index (κ1) is 20.1. The highest BCUT2D eigenvalue weighted by molar-refractivity contribution is 6.09. The zero-order valence-corrected chi connectivity index (χ0v) is 17.5. The quantitative estimate of drug-likeness (QED) is 0.777. The first-order valence-electron chi connectivity index (χ1n) is 10.5. The molecule has 2 aliphatic heterocycles. The van der Waals surface area contributed by atoms with Gasteiger partial charge in [0.05, 0.1) is 0 Å². The topological polar surface area (TPSA) is 69.7 Å². The molecule has 1 atom stereocenters. The van der Waals surface area contributed by atoms with Crippen LogP contribution in [0.25, 0.3) is 0 Å². The van der Waals surface area contributed by atoms with Gasteiger partial charge in [-0.05, 0) is 67.6 Å². The Labute approximate surface area is 176 Å². The molecule has 0 saturated carbocycles. The standard InChI is InChI=1S/C24H27N3O3/c1-16-5-8-20(14-17(16)2)27-13-11-21(24(27)30)23(29)25-15-18-6-9-19(10-7-18)26-12-3-4-22(26)28/h5-10,14,21H,3-4,11-13,15H2,1-2H3,(H,25,29). The molecule has 1 N–H and O–H groups in total. The SMILES string of the molecule is Cc1ccc(N2CCC(C(=O)NCc3ccc(N4CCCC4=O)cc3)C2=O)cc1C. The van der Waals surface area contributed by atoms with Crippen LogP contribution in [0.5, 0.6) is 0 Å². The van der Waals surface area contributed by atoms with Gasteiger partial charge in [0, 0.05) is 37.4 Å². The molecule has 2 aromatic rings. The molecule has 156 valence electrons. The molecular formula is C24H27N3O3. The van der Waals surface area contributed by atoms with E-state index in [9.17, 15) is 14.4 Å². The summed E-state index contributed by atoms with van der Waals surface area (Å²) < 4.78 is 0. The molecule has 0 aliphatic carbocycles. The van der Waals surface area contributed by atoms with Gasteiger partial charge >= 0.3 is 0 Å². The van der Waals surface area contributed by atoms with E-state index in [2.05, 4.69) is 5.32 Å². The Morgan fingerprint density at radius 1 is 0.967 bits per heavy atom. The van der Waals surface area contributed by atoms with Crippen LogP contribution in [0.4, 0.5) is 11.4 Å². The van der Waals surface area contributed by atoms with Crippen molar-refractivity contribution in [1.29, 1.82) is 0 Å². The Hall–Kier alpha value is -3.15. The average Bonchev–Trinajstić information content (AvgIpc) is 3.34.